The number of hydrogen-bond acceptors (Lipinski definition) is 7. The van der Waals surface area contributed by atoms with Gasteiger partial charge in [0.05, 0.1) is 18.4 Å². The van der Waals surface area contributed by atoms with Crippen LogP contribution in [0.3, 0.4) is 0 Å². The van der Waals surface area contributed by atoms with Crippen molar-refractivity contribution in [2.24, 2.45) is 11.8 Å². The van der Waals surface area contributed by atoms with Crippen LogP contribution in [0.2, 0.25) is 0 Å². The Balaban J connectivity index is 1.80. The Labute approximate surface area is 138 Å². The molecule has 9 nitrogen and oxygen atoms in total. The minimum absolute atomic E-state index is 0.0976. The van der Waals surface area contributed by atoms with Gasteiger partial charge in [0.2, 0.25) is 11.8 Å². The number of nitrogens with one attached hydrogen (secondary N) is 1. The minimum Gasteiger partial charge on any atom is -0.454 e. The molecule has 0 radical (unpaired) electrons. The second-order valence-electron chi connectivity index (χ2n) is 5.69. The molecule has 4 amide bonds. The van der Waals surface area contributed by atoms with Crippen LogP contribution in [-0.4, -0.2) is 54.4 Å². The van der Waals surface area contributed by atoms with E-state index in [2.05, 4.69) is 9.47 Å². The summed E-state index contributed by atoms with van der Waals surface area (Å²) >= 11 is 0. The lowest BCUT2D eigenvalue weighted by Crippen LogP contribution is -2.39. The highest BCUT2D eigenvalue weighted by Crippen LogP contribution is 2.37. The zero-order valence-corrected chi connectivity index (χ0v) is 13.4. The summed E-state index contributed by atoms with van der Waals surface area (Å²) in [6.07, 6.45) is 2.16. The van der Waals surface area contributed by atoms with Crippen LogP contribution >= 0.6 is 0 Å². The molecule has 9 heteroatoms. The molecule has 24 heavy (non-hydrogen) atoms. The van der Waals surface area contributed by atoms with Crippen molar-refractivity contribution in [1.29, 1.82) is 0 Å². The normalized spacial score (nSPS) is 22.8. The molecular weight excluding hydrogens is 320 g/mol. The summed E-state index contributed by atoms with van der Waals surface area (Å²) in [7, 11) is 0. The van der Waals surface area contributed by atoms with Crippen molar-refractivity contribution in [1.82, 2.24) is 10.2 Å². The smallest absolute Gasteiger partial charge is 0.413 e. The Morgan fingerprint density at radius 3 is 2.21 bits per heavy atom. The summed E-state index contributed by atoms with van der Waals surface area (Å²) in [5, 5.41) is 1.86. The third kappa shape index (κ3) is 4.09. The Bertz CT molecular complexity index is 536. The molecule has 0 aromatic carbocycles. The average Bonchev–Trinajstić information content (AvgIpc) is 2.79. The zero-order chi connectivity index (χ0) is 17.7. The lowest BCUT2D eigenvalue weighted by molar-refractivity contribution is -0.154. The fraction of sp³-hybridized carbons (Fsp3) is 0.667. The Hall–Kier alpha value is -2.45. The maximum atomic E-state index is 12.2. The number of carbonyl (C=O) groups excluding carboxylic acids is 5. The van der Waals surface area contributed by atoms with Crippen LogP contribution in [0.25, 0.3) is 0 Å². The largest absolute Gasteiger partial charge is 0.454 e. The fourth-order valence-corrected chi connectivity index (χ4v) is 3.02. The maximum Gasteiger partial charge on any atom is 0.413 e. The highest BCUT2D eigenvalue weighted by atomic mass is 16.6. The summed E-state index contributed by atoms with van der Waals surface area (Å²) in [6, 6.07) is 0. The summed E-state index contributed by atoms with van der Waals surface area (Å²) in [5.74, 6) is -3.11. The van der Waals surface area contributed by atoms with Gasteiger partial charge in [-0.1, -0.05) is 12.8 Å². The summed E-state index contributed by atoms with van der Waals surface area (Å²) < 4.78 is 9.19. The molecule has 1 saturated carbocycles. The molecule has 2 atom stereocenters. The fourth-order valence-electron chi connectivity index (χ4n) is 3.02. The molecule has 0 unspecified atom stereocenters. The van der Waals surface area contributed by atoms with Gasteiger partial charge in [0.1, 0.15) is 6.54 Å². The third-order valence-corrected chi connectivity index (χ3v) is 4.10. The minimum atomic E-state index is -0.937. The van der Waals surface area contributed by atoms with Crippen LogP contribution in [0, 0.1) is 11.8 Å². The molecule has 2 aliphatic rings. The van der Waals surface area contributed by atoms with Crippen molar-refractivity contribution in [2.75, 3.05) is 19.8 Å². The van der Waals surface area contributed by atoms with E-state index in [1.807, 2.05) is 5.32 Å². The molecule has 1 aliphatic carbocycles. The second kappa shape index (κ2) is 7.89. The van der Waals surface area contributed by atoms with E-state index in [9.17, 15) is 24.0 Å². The van der Waals surface area contributed by atoms with Gasteiger partial charge in [-0.05, 0) is 19.8 Å². The number of ether oxygens (including phenoxy) is 2. The van der Waals surface area contributed by atoms with Gasteiger partial charge in [0.25, 0.3) is 5.91 Å². The molecular formula is C15H20N2O7. The topological polar surface area (TPSA) is 119 Å². The Morgan fingerprint density at radius 1 is 1.08 bits per heavy atom. The number of rotatable bonds is 5. The monoisotopic (exact) mass is 340 g/mol. The second-order valence-corrected chi connectivity index (χ2v) is 5.69. The van der Waals surface area contributed by atoms with Crippen molar-refractivity contribution in [2.45, 2.75) is 32.6 Å². The predicted octanol–water partition coefficient (Wildman–Crippen LogP) is -0.0225. The van der Waals surface area contributed by atoms with Gasteiger partial charge in [-0.25, -0.2) is 4.79 Å². The number of alkyl carbamates (subject to hydrolysis) is 1. The molecule has 132 valence electrons. The van der Waals surface area contributed by atoms with Crippen molar-refractivity contribution in [3.05, 3.63) is 0 Å². The van der Waals surface area contributed by atoms with Crippen molar-refractivity contribution >= 4 is 29.8 Å². The first-order chi connectivity index (χ1) is 11.4. The zero-order valence-electron chi connectivity index (χ0n) is 13.4. The maximum absolute atomic E-state index is 12.2. The number of amides is 4. The first kappa shape index (κ1) is 17.9. The van der Waals surface area contributed by atoms with E-state index in [4.69, 9.17) is 0 Å². The lowest BCUT2D eigenvalue weighted by Gasteiger charge is -2.19. The molecule has 0 bridgehead atoms. The quantitative estimate of drug-likeness (QED) is 0.551. The van der Waals surface area contributed by atoms with E-state index in [0.717, 1.165) is 17.7 Å². The molecule has 0 aromatic rings. The van der Waals surface area contributed by atoms with Crippen LogP contribution in [0.15, 0.2) is 0 Å². The molecule has 2 rings (SSSR count). The predicted molar refractivity (Wildman–Crippen MR) is 78.3 cm³/mol. The molecule has 1 saturated heterocycles. The number of fused-ring (bicyclic) bond motifs is 1. The Kier molecular flexibility index (Phi) is 5.88. The molecule has 1 aliphatic heterocycles. The number of carbonyl (C=O) groups is 5. The number of likely N-dealkylation sites (tertiary alicyclic amines) is 1. The van der Waals surface area contributed by atoms with E-state index in [0.29, 0.717) is 12.8 Å². The van der Waals surface area contributed by atoms with Gasteiger partial charge in [-0.3, -0.25) is 29.4 Å². The van der Waals surface area contributed by atoms with Crippen molar-refractivity contribution < 1.29 is 33.4 Å². The van der Waals surface area contributed by atoms with Gasteiger partial charge in [-0.15, -0.1) is 0 Å². The van der Waals surface area contributed by atoms with Gasteiger partial charge in [0, 0.05) is 0 Å². The van der Waals surface area contributed by atoms with Crippen LogP contribution in [0.4, 0.5) is 4.79 Å². The van der Waals surface area contributed by atoms with Gasteiger partial charge >= 0.3 is 12.1 Å². The summed E-state index contributed by atoms with van der Waals surface area (Å²) in [6.45, 7) is 0.463. The van der Waals surface area contributed by atoms with Gasteiger partial charge in [-0.2, -0.15) is 0 Å². The molecule has 2 fully saturated rings. The molecule has 0 aromatic heterocycles. The summed E-state index contributed by atoms with van der Waals surface area (Å²) in [5.41, 5.74) is 0. The third-order valence-electron chi connectivity index (χ3n) is 4.10. The van der Waals surface area contributed by atoms with E-state index >= 15 is 0 Å². The molecule has 1 heterocycles. The van der Waals surface area contributed by atoms with E-state index in [-0.39, 0.29) is 30.3 Å². The van der Waals surface area contributed by atoms with Crippen LogP contribution < -0.4 is 5.32 Å². The first-order valence-electron chi connectivity index (χ1n) is 7.91. The molecule has 0 spiro atoms. The first-order valence-corrected chi connectivity index (χ1v) is 7.91. The molecule has 1 N–H and O–H groups in total. The number of esters is 1. The van der Waals surface area contributed by atoms with Crippen LogP contribution in [0.1, 0.15) is 32.6 Å². The number of imide groups is 2. The van der Waals surface area contributed by atoms with E-state index < -0.39 is 31.1 Å². The lowest BCUT2D eigenvalue weighted by atomic mass is 9.81. The standard InChI is InChI=1S/C15H20N2O7/c1-2-23-15(22)16-11(18)8-24-12(19)7-17-13(20)9-5-3-4-6-10(9)14(17)21/h9-10H,2-8H2,1H3,(H,16,18,22)/t9-,10-/m0/s1. The Morgan fingerprint density at radius 2 is 1.67 bits per heavy atom. The van der Waals surface area contributed by atoms with Gasteiger partial charge in [0.15, 0.2) is 6.61 Å². The van der Waals surface area contributed by atoms with E-state index in [1.165, 1.54) is 0 Å². The highest BCUT2D eigenvalue weighted by Gasteiger charge is 2.48. The van der Waals surface area contributed by atoms with Gasteiger partial charge < -0.3 is 9.47 Å². The number of hydrogen-bond donors (Lipinski definition) is 1. The van der Waals surface area contributed by atoms with Crippen LogP contribution in [0.5, 0.6) is 0 Å². The van der Waals surface area contributed by atoms with Crippen LogP contribution in [-0.2, 0) is 28.7 Å². The average molecular weight is 340 g/mol. The number of nitrogens with zero attached hydrogens (tertiary/aromatic N) is 1. The summed E-state index contributed by atoms with van der Waals surface area (Å²) in [4.78, 5) is 59.4. The van der Waals surface area contributed by atoms with Crippen molar-refractivity contribution in [3.63, 3.8) is 0 Å². The SMILES string of the molecule is CCOC(=O)NC(=O)COC(=O)CN1C(=O)[C@H]2CCCC[C@@H]2C1=O. The van der Waals surface area contributed by atoms with Crippen molar-refractivity contribution in [3.8, 4) is 0 Å². The highest BCUT2D eigenvalue weighted by molar-refractivity contribution is 6.07. The van der Waals surface area contributed by atoms with E-state index in [1.54, 1.807) is 6.92 Å².